The monoisotopic (exact) mass is 258 g/mol. The van der Waals surface area contributed by atoms with Crippen LogP contribution in [0.5, 0.6) is 0 Å². The third kappa shape index (κ3) is 2.02. The van der Waals surface area contributed by atoms with Crippen molar-refractivity contribution in [3.63, 3.8) is 0 Å². The van der Waals surface area contributed by atoms with E-state index in [0.717, 1.165) is 11.7 Å². The second kappa shape index (κ2) is 4.26. The van der Waals surface area contributed by atoms with Crippen LogP contribution in [0.2, 0.25) is 10.0 Å². The zero-order valence-electron chi connectivity index (χ0n) is 7.28. The topological polar surface area (TPSA) is 42.9 Å². The van der Waals surface area contributed by atoms with Crippen molar-refractivity contribution in [3.8, 4) is 0 Å². The number of benzene rings is 1. The number of nitrogens with zero attached hydrogens (tertiary/aromatic N) is 2. The maximum atomic E-state index is 11.8. The molecule has 1 aromatic heterocycles. The first kappa shape index (κ1) is 10.5. The van der Waals surface area contributed by atoms with Crippen LogP contribution in [-0.2, 0) is 0 Å². The zero-order valence-corrected chi connectivity index (χ0v) is 9.60. The second-order valence-corrected chi connectivity index (χ2v) is 4.07. The van der Waals surface area contributed by atoms with Crippen molar-refractivity contribution in [3.05, 3.63) is 45.7 Å². The molecule has 0 aliphatic rings. The maximum absolute atomic E-state index is 11.8. The summed E-state index contributed by atoms with van der Waals surface area (Å²) < 4.78 is 7.60. The fraction of sp³-hybridized carbons (Fsp3) is 0. The van der Waals surface area contributed by atoms with Gasteiger partial charge in [-0.05, 0) is 12.1 Å². The molecule has 0 atom stereocenters. The molecule has 0 unspecified atom stereocenters. The first-order chi connectivity index (χ1) is 7.20. The molecule has 0 amide bonds. The fourth-order valence-corrected chi connectivity index (χ4v) is 1.88. The highest BCUT2D eigenvalue weighted by Gasteiger charge is 2.16. The predicted octanol–water partition coefficient (Wildman–Crippen LogP) is 3.08. The molecule has 0 saturated heterocycles. The van der Waals surface area contributed by atoms with Gasteiger partial charge in [0.1, 0.15) is 5.69 Å². The molecular weight excluding hydrogens is 255 g/mol. The van der Waals surface area contributed by atoms with Crippen LogP contribution in [-0.4, -0.2) is 14.5 Å². The van der Waals surface area contributed by atoms with Crippen LogP contribution in [0.25, 0.3) is 0 Å². The minimum absolute atomic E-state index is 0.247. The zero-order chi connectivity index (χ0) is 10.8. The molecule has 0 saturated carbocycles. The summed E-state index contributed by atoms with van der Waals surface area (Å²) in [5.41, 5.74) is 0.626. The molecule has 1 aromatic carbocycles. The highest BCUT2D eigenvalue weighted by Crippen LogP contribution is 2.26. The van der Waals surface area contributed by atoms with Gasteiger partial charge in [0.2, 0.25) is 5.78 Å². The largest absolute Gasteiger partial charge is 0.287 e. The van der Waals surface area contributed by atoms with Gasteiger partial charge >= 0.3 is 0 Å². The highest BCUT2D eigenvalue weighted by molar-refractivity contribution is 6.99. The number of aromatic nitrogens is 2. The minimum atomic E-state index is -0.267. The summed E-state index contributed by atoms with van der Waals surface area (Å²) >= 11 is 12.7. The van der Waals surface area contributed by atoms with Gasteiger partial charge in [-0.3, -0.25) is 4.79 Å². The lowest BCUT2D eigenvalue weighted by molar-refractivity contribution is 0.103. The Morgan fingerprint density at radius 1 is 1.33 bits per heavy atom. The average molecular weight is 259 g/mol. The van der Waals surface area contributed by atoms with E-state index >= 15 is 0 Å². The molecule has 0 N–H and O–H groups in total. The third-order valence-corrected chi connectivity index (χ3v) is 3.09. The smallest absolute Gasteiger partial charge is 0.215 e. The van der Waals surface area contributed by atoms with Gasteiger partial charge in [0.15, 0.2) is 0 Å². The molecule has 2 rings (SSSR count). The molecule has 0 radical (unpaired) electrons. The van der Waals surface area contributed by atoms with Gasteiger partial charge in [-0.1, -0.05) is 29.3 Å². The fourth-order valence-electron chi connectivity index (χ4n) is 1.08. The third-order valence-electron chi connectivity index (χ3n) is 1.79. The molecule has 0 bridgehead atoms. The van der Waals surface area contributed by atoms with Crippen LogP contribution < -0.4 is 0 Å². The number of carbonyl (C=O) groups is 1. The Bertz CT molecular complexity index is 499. The summed E-state index contributed by atoms with van der Waals surface area (Å²) in [6, 6.07) is 4.90. The Balaban J connectivity index is 2.47. The number of rotatable bonds is 2. The molecule has 0 aliphatic carbocycles. The van der Waals surface area contributed by atoms with E-state index in [-0.39, 0.29) is 16.5 Å². The SMILES string of the molecule is O=C(c1cnsn1)c1cccc(Cl)c1Cl. The summed E-state index contributed by atoms with van der Waals surface area (Å²) in [5, 5.41) is 0.600. The van der Waals surface area contributed by atoms with Gasteiger partial charge in [0.05, 0.1) is 28.0 Å². The summed E-state index contributed by atoms with van der Waals surface area (Å²) in [5.74, 6) is -0.267. The average Bonchev–Trinajstić information content (AvgIpc) is 2.74. The van der Waals surface area contributed by atoms with Crippen molar-refractivity contribution in [1.82, 2.24) is 8.75 Å². The molecule has 2 aromatic rings. The van der Waals surface area contributed by atoms with Crippen molar-refractivity contribution in [2.45, 2.75) is 0 Å². The Morgan fingerprint density at radius 2 is 2.13 bits per heavy atom. The molecule has 76 valence electrons. The van der Waals surface area contributed by atoms with E-state index in [2.05, 4.69) is 8.75 Å². The molecule has 15 heavy (non-hydrogen) atoms. The first-order valence-corrected chi connectivity index (χ1v) is 5.45. The van der Waals surface area contributed by atoms with E-state index in [1.807, 2.05) is 0 Å². The van der Waals surface area contributed by atoms with E-state index in [0.29, 0.717) is 10.6 Å². The first-order valence-electron chi connectivity index (χ1n) is 3.96. The molecule has 6 heteroatoms. The van der Waals surface area contributed by atoms with Gasteiger partial charge < -0.3 is 0 Å². The predicted molar refractivity (Wildman–Crippen MR) is 59.8 cm³/mol. The van der Waals surface area contributed by atoms with Crippen LogP contribution in [0.3, 0.4) is 0 Å². The summed E-state index contributed by atoms with van der Waals surface area (Å²) in [4.78, 5) is 11.8. The van der Waals surface area contributed by atoms with Gasteiger partial charge in [0, 0.05) is 5.56 Å². The molecule has 0 spiro atoms. The maximum Gasteiger partial charge on any atom is 0.215 e. The van der Waals surface area contributed by atoms with Gasteiger partial charge in [-0.15, -0.1) is 0 Å². The van der Waals surface area contributed by atoms with Crippen LogP contribution in [0.4, 0.5) is 0 Å². The lowest BCUT2D eigenvalue weighted by Crippen LogP contribution is -2.02. The second-order valence-electron chi connectivity index (χ2n) is 2.72. The van der Waals surface area contributed by atoms with Gasteiger partial charge in [-0.25, -0.2) is 0 Å². The Labute approximate surface area is 100.0 Å². The highest BCUT2D eigenvalue weighted by atomic mass is 35.5. The van der Waals surface area contributed by atoms with Crippen LogP contribution in [0.1, 0.15) is 16.1 Å². The Kier molecular flexibility index (Phi) is 3.00. The Morgan fingerprint density at radius 3 is 2.80 bits per heavy atom. The summed E-state index contributed by atoms with van der Waals surface area (Å²) in [6.45, 7) is 0. The van der Waals surface area contributed by atoms with Crippen LogP contribution in [0.15, 0.2) is 24.4 Å². The van der Waals surface area contributed by atoms with Crippen molar-refractivity contribution in [2.75, 3.05) is 0 Å². The minimum Gasteiger partial charge on any atom is -0.287 e. The van der Waals surface area contributed by atoms with E-state index in [9.17, 15) is 4.79 Å². The van der Waals surface area contributed by atoms with E-state index < -0.39 is 0 Å². The van der Waals surface area contributed by atoms with E-state index in [1.165, 1.54) is 6.20 Å². The van der Waals surface area contributed by atoms with E-state index in [1.54, 1.807) is 18.2 Å². The quantitative estimate of drug-likeness (QED) is 0.778. The Hall–Kier alpha value is -0.970. The molecular formula is C9H4Cl2N2OS. The lowest BCUT2D eigenvalue weighted by atomic mass is 10.1. The van der Waals surface area contributed by atoms with Crippen LogP contribution in [0, 0.1) is 0 Å². The van der Waals surface area contributed by atoms with E-state index in [4.69, 9.17) is 23.2 Å². The van der Waals surface area contributed by atoms with Crippen molar-refractivity contribution < 1.29 is 4.79 Å². The van der Waals surface area contributed by atoms with Crippen molar-refractivity contribution in [2.24, 2.45) is 0 Å². The van der Waals surface area contributed by atoms with Crippen molar-refractivity contribution in [1.29, 1.82) is 0 Å². The normalized spacial score (nSPS) is 10.3. The molecule has 0 fully saturated rings. The summed E-state index contributed by atoms with van der Waals surface area (Å²) in [7, 11) is 0. The number of carbonyl (C=O) groups excluding carboxylic acids is 1. The number of hydrogen-bond acceptors (Lipinski definition) is 4. The van der Waals surface area contributed by atoms with Crippen molar-refractivity contribution >= 4 is 40.7 Å². The standard InChI is InChI=1S/C9H4Cl2N2OS/c10-6-3-1-2-5(8(6)11)9(14)7-4-12-15-13-7/h1-4H. The van der Waals surface area contributed by atoms with Gasteiger partial charge in [0.25, 0.3) is 0 Å². The lowest BCUT2D eigenvalue weighted by Gasteiger charge is -2.01. The number of hydrogen-bond donors (Lipinski definition) is 0. The molecule has 1 heterocycles. The molecule has 0 aliphatic heterocycles. The number of halogens is 2. The van der Waals surface area contributed by atoms with Gasteiger partial charge in [-0.2, -0.15) is 8.75 Å². The van der Waals surface area contributed by atoms with Crippen LogP contribution >= 0.6 is 34.9 Å². The molecule has 3 nitrogen and oxygen atoms in total. The summed E-state index contributed by atoms with van der Waals surface area (Å²) in [6.07, 6.45) is 1.41. The number of ketones is 1.